The zero-order chi connectivity index (χ0) is 23.5. The smallest absolute Gasteiger partial charge is 0.166 e. The first kappa shape index (κ1) is 21.9. The number of hydrogen-bond donors (Lipinski definition) is 0. The first-order valence-electron chi connectivity index (χ1n) is 10.7. The molecular weight excluding hydrogens is 453 g/mol. The van der Waals surface area contributed by atoms with Crippen LogP contribution in [0.2, 0.25) is 5.02 Å². The van der Waals surface area contributed by atoms with E-state index in [4.69, 9.17) is 16.3 Å². The minimum atomic E-state index is -0.302. The zero-order valence-electron chi connectivity index (χ0n) is 18.4. The molecule has 2 aromatic heterocycles. The van der Waals surface area contributed by atoms with E-state index in [2.05, 4.69) is 15.4 Å². The van der Waals surface area contributed by atoms with Crippen molar-refractivity contribution in [1.82, 2.24) is 24.8 Å². The van der Waals surface area contributed by atoms with E-state index in [9.17, 15) is 4.39 Å². The molecule has 170 valence electrons. The number of hydrogen-bond acceptors (Lipinski definition) is 4. The maximum Gasteiger partial charge on any atom is 0.166 e. The molecule has 0 fully saturated rings. The standard InChI is InChI=1S/C26H21ClFN5O/c1-18-6-8-19(9-7-18)26-25(14-29-33(26)23-12-10-21(28)11-13-23)34-17-22-16-32(31-30-22)15-20-4-2-3-5-24(20)27/h2-14,16H,15,17H2,1H3. The molecule has 0 atom stereocenters. The quantitative estimate of drug-likeness (QED) is 0.297. The predicted molar refractivity (Wildman–Crippen MR) is 129 cm³/mol. The average molecular weight is 474 g/mol. The number of nitrogens with zero attached hydrogens (tertiary/aromatic N) is 5. The lowest BCUT2D eigenvalue weighted by atomic mass is 10.1. The predicted octanol–water partition coefficient (Wildman–Crippen LogP) is 5.86. The van der Waals surface area contributed by atoms with Crippen LogP contribution in [0.15, 0.2) is 85.2 Å². The van der Waals surface area contributed by atoms with Crippen molar-refractivity contribution in [2.45, 2.75) is 20.1 Å². The lowest BCUT2D eigenvalue weighted by Crippen LogP contribution is -2.01. The van der Waals surface area contributed by atoms with E-state index in [0.29, 0.717) is 23.0 Å². The van der Waals surface area contributed by atoms with E-state index in [1.807, 2.05) is 61.7 Å². The first-order chi connectivity index (χ1) is 16.6. The Morgan fingerprint density at radius 2 is 1.74 bits per heavy atom. The third-order valence-corrected chi connectivity index (χ3v) is 5.75. The van der Waals surface area contributed by atoms with Crippen molar-refractivity contribution >= 4 is 11.6 Å². The first-order valence-corrected chi connectivity index (χ1v) is 11.1. The van der Waals surface area contributed by atoms with Gasteiger partial charge in [-0.05, 0) is 42.8 Å². The van der Waals surface area contributed by atoms with Crippen LogP contribution in [0.4, 0.5) is 4.39 Å². The SMILES string of the molecule is Cc1ccc(-c2c(OCc3cn(Cc4ccccc4Cl)nn3)cnn2-c2ccc(F)cc2)cc1. The van der Waals surface area contributed by atoms with Gasteiger partial charge in [0, 0.05) is 10.6 Å². The van der Waals surface area contributed by atoms with Crippen molar-refractivity contribution in [2.75, 3.05) is 0 Å². The Bertz CT molecular complexity index is 1410. The summed E-state index contributed by atoms with van der Waals surface area (Å²) >= 11 is 6.25. The molecule has 2 heterocycles. The Morgan fingerprint density at radius 3 is 2.50 bits per heavy atom. The fraction of sp³-hybridized carbons (Fsp3) is 0.115. The highest BCUT2D eigenvalue weighted by molar-refractivity contribution is 6.31. The second kappa shape index (κ2) is 9.49. The van der Waals surface area contributed by atoms with Crippen LogP contribution in [-0.4, -0.2) is 24.8 Å². The van der Waals surface area contributed by atoms with Gasteiger partial charge in [0.15, 0.2) is 5.75 Å². The topological polar surface area (TPSA) is 57.8 Å². The van der Waals surface area contributed by atoms with Gasteiger partial charge in [-0.25, -0.2) is 13.8 Å². The highest BCUT2D eigenvalue weighted by Crippen LogP contribution is 2.33. The van der Waals surface area contributed by atoms with E-state index >= 15 is 0 Å². The van der Waals surface area contributed by atoms with Gasteiger partial charge in [-0.2, -0.15) is 5.10 Å². The van der Waals surface area contributed by atoms with Gasteiger partial charge in [-0.3, -0.25) is 0 Å². The Kier molecular flexibility index (Phi) is 6.10. The van der Waals surface area contributed by atoms with Gasteiger partial charge in [0.05, 0.1) is 24.6 Å². The Labute approximate surface area is 201 Å². The van der Waals surface area contributed by atoms with Gasteiger partial charge >= 0.3 is 0 Å². The molecule has 0 spiro atoms. The van der Waals surface area contributed by atoms with E-state index in [0.717, 1.165) is 28.1 Å². The fourth-order valence-electron chi connectivity index (χ4n) is 3.63. The molecule has 0 bridgehead atoms. The summed E-state index contributed by atoms with van der Waals surface area (Å²) in [5.74, 6) is 0.290. The summed E-state index contributed by atoms with van der Waals surface area (Å²) in [6.07, 6.45) is 3.49. The van der Waals surface area contributed by atoms with E-state index < -0.39 is 0 Å². The van der Waals surface area contributed by atoms with E-state index in [1.165, 1.54) is 12.1 Å². The van der Waals surface area contributed by atoms with Gasteiger partial charge in [0.2, 0.25) is 0 Å². The number of benzene rings is 3. The van der Waals surface area contributed by atoms with Gasteiger partial charge in [-0.15, -0.1) is 5.10 Å². The fourth-order valence-corrected chi connectivity index (χ4v) is 3.82. The zero-order valence-corrected chi connectivity index (χ0v) is 19.2. The summed E-state index contributed by atoms with van der Waals surface area (Å²) in [7, 11) is 0. The highest BCUT2D eigenvalue weighted by atomic mass is 35.5. The maximum absolute atomic E-state index is 13.5. The second-order valence-electron chi connectivity index (χ2n) is 7.90. The molecule has 0 saturated carbocycles. The van der Waals surface area contributed by atoms with Crippen molar-refractivity contribution < 1.29 is 9.13 Å². The molecule has 0 aliphatic rings. The molecule has 0 saturated heterocycles. The van der Waals surface area contributed by atoms with Crippen molar-refractivity contribution in [3.63, 3.8) is 0 Å². The molecule has 5 rings (SSSR count). The van der Waals surface area contributed by atoms with Crippen LogP contribution in [0.25, 0.3) is 16.9 Å². The van der Waals surface area contributed by atoms with Crippen LogP contribution < -0.4 is 4.74 Å². The molecule has 8 heteroatoms. The Hall–Kier alpha value is -3.97. The van der Waals surface area contributed by atoms with E-state index in [-0.39, 0.29) is 12.4 Å². The number of rotatable bonds is 7. The number of ether oxygens (including phenoxy) is 1. The summed E-state index contributed by atoms with van der Waals surface area (Å²) in [6.45, 7) is 2.77. The van der Waals surface area contributed by atoms with E-state index in [1.54, 1.807) is 27.7 Å². The third-order valence-electron chi connectivity index (χ3n) is 5.38. The molecule has 0 radical (unpaired) electrons. The minimum absolute atomic E-state index is 0.219. The van der Waals surface area contributed by atoms with Gasteiger partial charge < -0.3 is 4.74 Å². The normalized spacial score (nSPS) is 11.0. The summed E-state index contributed by atoms with van der Waals surface area (Å²) in [6, 6.07) is 21.9. The summed E-state index contributed by atoms with van der Waals surface area (Å²) in [5.41, 5.74) is 5.23. The van der Waals surface area contributed by atoms with Crippen molar-refractivity contribution in [3.05, 3.63) is 113 Å². The summed E-state index contributed by atoms with van der Waals surface area (Å²) < 4.78 is 23.1. The molecule has 6 nitrogen and oxygen atoms in total. The van der Waals surface area contributed by atoms with Crippen LogP contribution in [0.3, 0.4) is 0 Å². The minimum Gasteiger partial charge on any atom is -0.483 e. The molecule has 0 N–H and O–H groups in total. The molecule has 3 aromatic carbocycles. The summed E-state index contributed by atoms with van der Waals surface area (Å²) in [4.78, 5) is 0. The van der Waals surface area contributed by atoms with Gasteiger partial charge in [0.25, 0.3) is 0 Å². The molecule has 5 aromatic rings. The lowest BCUT2D eigenvalue weighted by Gasteiger charge is -2.11. The molecule has 0 aliphatic heterocycles. The molecule has 0 aliphatic carbocycles. The Balaban J connectivity index is 1.40. The Morgan fingerprint density at radius 1 is 0.971 bits per heavy atom. The number of halogens is 2. The van der Waals surface area contributed by atoms with Crippen molar-refractivity contribution in [2.24, 2.45) is 0 Å². The highest BCUT2D eigenvalue weighted by Gasteiger charge is 2.17. The molecule has 34 heavy (non-hydrogen) atoms. The van der Waals surface area contributed by atoms with Crippen LogP contribution in [-0.2, 0) is 13.2 Å². The maximum atomic E-state index is 13.5. The van der Waals surface area contributed by atoms with Crippen molar-refractivity contribution in [1.29, 1.82) is 0 Å². The van der Waals surface area contributed by atoms with Crippen LogP contribution in [0.1, 0.15) is 16.8 Å². The molecular formula is C26H21ClFN5O. The molecule has 0 unspecified atom stereocenters. The molecule has 0 amide bonds. The van der Waals surface area contributed by atoms with Crippen LogP contribution >= 0.6 is 11.6 Å². The monoisotopic (exact) mass is 473 g/mol. The third kappa shape index (κ3) is 4.70. The lowest BCUT2D eigenvalue weighted by molar-refractivity contribution is 0.302. The van der Waals surface area contributed by atoms with Crippen LogP contribution in [0.5, 0.6) is 5.75 Å². The van der Waals surface area contributed by atoms with Crippen molar-refractivity contribution in [3.8, 4) is 22.7 Å². The summed E-state index contributed by atoms with van der Waals surface area (Å²) in [5, 5.41) is 13.6. The number of aryl methyl sites for hydroxylation is 1. The van der Waals surface area contributed by atoms with Gasteiger partial charge in [-0.1, -0.05) is 64.8 Å². The largest absolute Gasteiger partial charge is 0.483 e. The second-order valence-corrected chi connectivity index (χ2v) is 8.31. The number of aromatic nitrogens is 5. The van der Waals surface area contributed by atoms with Crippen LogP contribution in [0, 0.1) is 12.7 Å². The van der Waals surface area contributed by atoms with Gasteiger partial charge in [0.1, 0.15) is 23.8 Å². The average Bonchev–Trinajstić information content (AvgIpc) is 3.47.